The molecule has 1 aliphatic carbocycles. The van der Waals surface area contributed by atoms with Crippen molar-refractivity contribution in [2.24, 2.45) is 11.8 Å². The normalized spacial score (nSPS) is 23.0. The van der Waals surface area contributed by atoms with Crippen LogP contribution in [0.25, 0.3) is 0 Å². The van der Waals surface area contributed by atoms with Crippen molar-refractivity contribution in [3.63, 3.8) is 0 Å². The minimum absolute atomic E-state index is 0.141. The first kappa shape index (κ1) is 14.0. The van der Waals surface area contributed by atoms with E-state index in [0.717, 1.165) is 22.7 Å². The number of aliphatic carboxylic acids is 1. The average molecular weight is 282 g/mol. The van der Waals surface area contributed by atoms with E-state index in [1.807, 2.05) is 6.92 Å². The second-order valence-electron chi connectivity index (χ2n) is 4.90. The summed E-state index contributed by atoms with van der Waals surface area (Å²) in [5, 5.41) is 13.0. The summed E-state index contributed by atoms with van der Waals surface area (Å²) in [5.41, 5.74) is 0. The maximum atomic E-state index is 12.1. The molecule has 19 heavy (non-hydrogen) atoms. The van der Waals surface area contributed by atoms with E-state index in [0.29, 0.717) is 19.4 Å². The van der Waals surface area contributed by atoms with E-state index in [1.165, 1.54) is 0 Å². The fraction of sp³-hybridized carbons (Fsp3) is 0.615. The van der Waals surface area contributed by atoms with Gasteiger partial charge in [0.05, 0.1) is 23.4 Å². The van der Waals surface area contributed by atoms with E-state index in [2.05, 4.69) is 10.3 Å². The van der Waals surface area contributed by atoms with Crippen molar-refractivity contribution in [3.05, 3.63) is 16.1 Å². The van der Waals surface area contributed by atoms with Crippen LogP contribution in [0.1, 0.15) is 35.6 Å². The molecule has 0 aliphatic heterocycles. The molecule has 0 bridgehead atoms. The van der Waals surface area contributed by atoms with Crippen molar-refractivity contribution in [1.82, 2.24) is 10.3 Å². The molecule has 1 fully saturated rings. The zero-order valence-corrected chi connectivity index (χ0v) is 11.7. The van der Waals surface area contributed by atoms with Gasteiger partial charge in [-0.25, -0.2) is 4.98 Å². The molecule has 1 heterocycles. The summed E-state index contributed by atoms with van der Waals surface area (Å²) < 4.78 is 0. The van der Waals surface area contributed by atoms with Gasteiger partial charge in [0.2, 0.25) is 5.91 Å². The van der Waals surface area contributed by atoms with Crippen LogP contribution in [-0.2, 0) is 16.1 Å². The molecule has 1 aliphatic rings. The first-order valence-corrected chi connectivity index (χ1v) is 7.31. The Hall–Kier alpha value is -1.43. The Balaban J connectivity index is 1.92. The number of carbonyl (C=O) groups excluding carboxylic acids is 1. The highest BCUT2D eigenvalue weighted by Gasteiger charge is 2.35. The molecule has 6 heteroatoms. The van der Waals surface area contributed by atoms with Gasteiger partial charge in [-0.1, -0.05) is 12.8 Å². The molecule has 5 nitrogen and oxygen atoms in total. The van der Waals surface area contributed by atoms with E-state index < -0.39 is 11.9 Å². The predicted molar refractivity (Wildman–Crippen MR) is 71.8 cm³/mol. The molecule has 1 saturated carbocycles. The zero-order valence-electron chi connectivity index (χ0n) is 10.9. The quantitative estimate of drug-likeness (QED) is 0.884. The number of carboxylic acids is 1. The van der Waals surface area contributed by atoms with E-state index >= 15 is 0 Å². The molecule has 0 radical (unpaired) electrons. The van der Waals surface area contributed by atoms with Crippen LogP contribution >= 0.6 is 11.3 Å². The first-order valence-electron chi connectivity index (χ1n) is 6.49. The van der Waals surface area contributed by atoms with Crippen molar-refractivity contribution in [2.75, 3.05) is 0 Å². The van der Waals surface area contributed by atoms with Crippen molar-refractivity contribution in [2.45, 2.75) is 39.2 Å². The lowest BCUT2D eigenvalue weighted by molar-refractivity contribution is -0.148. The van der Waals surface area contributed by atoms with Crippen molar-refractivity contribution >= 4 is 23.2 Å². The van der Waals surface area contributed by atoms with Gasteiger partial charge < -0.3 is 10.4 Å². The van der Waals surface area contributed by atoms with Gasteiger partial charge in [0.15, 0.2) is 0 Å². The summed E-state index contributed by atoms with van der Waals surface area (Å²) >= 11 is 1.54. The maximum absolute atomic E-state index is 12.1. The number of aryl methyl sites for hydroxylation is 1. The van der Waals surface area contributed by atoms with E-state index in [4.69, 9.17) is 5.11 Å². The lowest BCUT2D eigenvalue weighted by atomic mass is 9.79. The molecule has 0 unspecified atom stereocenters. The summed E-state index contributed by atoms with van der Waals surface area (Å²) in [7, 11) is 0. The number of aromatic nitrogens is 1. The summed E-state index contributed by atoms with van der Waals surface area (Å²) in [6.07, 6.45) is 4.85. The van der Waals surface area contributed by atoms with Crippen LogP contribution in [0.2, 0.25) is 0 Å². The number of nitrogens with one attached hydrogen (secondary N) is 1. The standard InChI is InChI=1S/C13H18N2O3S/c1-8-14-6-9(19-8)7-15-12(16)10-4-2-3-5-11(10)13(17)18/h6,10-11H,2-5,7H2,1H3,(H,15,16)(H,17,18)/t10-,11+/m1/s1. The molecule has 1 aromatic rings. The van der Waals surface area contributed by atoms with Gasteiger partial charge in [0, 0.05) is 11.1 Å². The molecule has 2 N–H and O–H groups in total. The Morgan fingerprint density at radius 3 is 2.68 bits per heavy atom. The van der Waals surface area contributed by atoms with Crippen molar-refractivity contribution < 1.29 is 14.7 Å². The third-order valence-electron chi connectivity index (χ3n) is 3.53. The molecular formula is C13H18N2O3S. The van der Waals surface area contributed by atoms with E-state index in [9.17, 15) is 9.59 Å². The third kappa shape index (κ3) is 3.53. The molecule has 0 aromatic carbocycles. The van der Waals surface area contributed by atoms with Gasteiger partial charge in [0.1, 0.15) is 0 Å². The van der Waals surface area contributed by atoms with Crippen LogP contribution in [0.5, 0.6) is 0 Å². The number of hydrogen-bond donors (Lipinski definition) is 2. The first-order chi connectivity index (χ1) is 9.08. The second kappa shape index (κ2) is 6.14. The van der Waals surface area contributed by atoms with Crippen LogP contribution in [0.3, 0.4) is 0 Å². The highest BCUT2D eigenvalue weighted by atomic mass is 32.1. The highest BCUT2D eigenvalue weighted by molar-refractivity contribution is 7.11. The van der Waals surface area contributed by atoms with Crippen molar-refractivity contribution in [3.8, 4) is 0 Å². The molecule has 2 atom stereocenters. The SMILES string of the molecule is Cc1ncc(CNC(=O)[C@@H]2CCCC[C@@H]2C(=O)O)s1. The Morgan fingerprint density at radius 1 is 1.42 bits per heavy atom. The topological polar surface area (TPSA) is 79.3 Å². The fourth-order valence-corrected chi connectivity index (χ4v) is 3.27. The Morgan fingerprint density at radius 2 is 2.11 bits per heavy atom. The number of rotatable bonds is 4. The lowest BCUT2D eigenvalue weighted by Crippen LogP contribution is -2.39. The Labute approximate surface area is 116 Å². The summed E-state index contributed by atoms with van der Waals surface area (Å²) in [6, 6.07) is 0. The number of amides is 1. The van der Waals surface area contributed by atoms with Gasteiger partial charge in [-0.15, -0.1) is 11.3 Å². The van der Waals surface area contributed by atoms with Crippen LogP contribution in [0.15, 0.2) is 6.20 Å². The van der Waals surface area contributed by atoms with Crippen LogP contribution in [0, 0.1) is 18.8 Å². The summed E-state index contributed by atoms with van der Waals surface area (Å²) in [6.45, 7) is 2.35. The molecule has 104 valence electrons. The van der Waals surface area contributed by atoms with Gasteiger partial charge in [-0.2, -0.15) is 0 Å². The fourth-order valence-electron chi connectivity index (χ4n) is 2.53. The van der Waals surface area contributed by atoms with E-state index in [1.54, 1.807) is 17.5 Å². The van der Waals surface area contributed by atoms with Crippen LogP contribution in [0.4, 0.5) is 0 Å². The molecule has 1 aromatic heterocycles. The van der Waals surface area contributed by atoms with Crippen LogP contribution < -0.4 is 5.32 Å². The van der Waals surface area contributed by atoms with E-state index in [-0.39, 0.29) is 11.8 Å². The second-order valence-corrected chi connectivity index (χ2v) is 6.22. The Bertz CT molecular complexity index is 472. The van der Waals surface area contributed by atoms with Gasteiger partial charge in [0.25, 0.3) is 0 Å². The molecule has 2 rings (SSSR count). The summed E-state index contributed by atoms with van der Waals surface area (Å²) in [5.74, 6) is -1.91. The molecular weight excluding hydrogens is 264 g/mol. The average Bonchev–Trinajstić information content (AvgIpc) is 2.81. The maximum Gasteiger partial charge on any atom is 0.307 e. The van der Waals surface area contributed by atoms with Gasteiger partial charge >= 0.3 is 5.97 Å². The molecule has 0 saturated heterocycles. The predicted octanol–water partition coefficient (Wildman–Crippen LogP) is 1.96. The zero-order chi connectivity index (χ0) is 13.8. The van der Waals surface area contributed by atoms with Crippen LogP contribution in [-0.4, -0.2) is 22.0 Å². The largest absolute Gasteiger partial charge is 0.481 e. The summed E-state index contributed by atoms with van der Waals surface area (Å²) in [4.78, 5) is 28.4. The number of hydrogen-bond acceptors (Lipinski definition) is 4. The third-order valence-corrected chi connectivity index (χ3v) is 4.44. The molecule has 0 spiro atoms. The monoisotopic (exact) mass is 282 g/mol. The number of nitrogens with zero attached hydrogens (tertiary/aromatic N) is 1. The number of carboxylic acid groups (broad SMARTS) is 1. The van der Waals surface area contributed by atoms with Gasteiger partial charge in [-0.3, -0.25) is 9.59 Å². The Kier molecular flexibility index (Phi) is 4.52. The lowest BCUT2D eigenvalue weighted by Gasteiger charge is -2.27. The minimum atomic E-state index is -0.853. The van der Waals surface area contributed by atoms with Crippen molar-refractivity contribution in [1.29, 1.82) is 0 Å². The number of thiazole rings is 1. The highest BCUT2D eigenvalue weighted by Crippen LogP contribution is 2.30. The van der Waals surface area contributed by atoms with Gasteiger partial charge in [-0.05, 0) is 19.8 Å². The number of carbonyl (C=O) groups is 2. The molecule has 1 amide bonds. The smallest absolute Gasteiger partial charge is 0.307 e. The minimum Gasteiger partial charge on any atom is -0.481 e.